The third kappa shape index (κ3) is 2.99. The second-order valence-electron chi connectivity index (χ2n) is 6.03. The second kappa shape index (κ2) is 7.30. The first-order valence-electron chi connectivity index (χ1n) is 8.48. The molecule has 4 N–H and O–H groups in total. The average molecular weight is 363 g/mol. The van der Waals surface area contributed by atoms with Crippen LogP contribution in [0.4, 0.5) is 0 Å². The van der Waals surface area contributed by atoms with Gasteiger partial charge in [-0.05, 0) is 26.2 Å². The van der Waals surface area contributed by atoms with Gasteiger partial charge in [-0.1, -0.05) is 0 Å². The molecule has 0 unspecified atom stereocenters. The molecule has 9 heteroatoms. The lowest BCUT2D eigenvalue weighted by Gasteiger charge is -2.09. The van der Waals surface area contributed by atoms with Gasteiger partial charge in [-0.2, -0.15) is 0 Å². The maximum atomic E-state index is 12.2. The van der Waals surface area contributed by atoms with Gasteiger partial charge in [-0.25, -0.2) is 9.78 Å². The lowest BCUT2D eigenvalue weighted by molar-refractivity contribution is 0.0691. The van der Waals surface area contributed by atoms with Crippen molar-refractivity contribution < 1.29 is 24.9 Å². The Bertz CT molecular complexity index is 899. The molecule has 0 spiro atoms. The summed E-state index contributed by atoms with van der Waals surface area (Å²) in [4.78, 5) is 30.6. The normalized spacial score (nSPS) is 13.2. The molecule has 0 saturated heterocycles. The van der Waals surface area contributed by atoms with E-state index >= 15 is 0 Å². The van der Waals surface area contributed by atoms with E-state index in [1.54, 1.807) is 0 Å². The molecule has 0 bridgehead atoms. The number of ether oxygens (including phenoxy) is 1. The first kappa shape index (κ1) is 18.2. The number of aromatic nitrogens is 3. The average Bonchev–Trinajstić information content (AvgIpc) is 2.84. The third-order valence-corrected chi connectivity index (χ3v) is 4.52. The minimum atomic E-state index is -1.46. The van der Waals surface area contributed by atoms with Crippen molar-refractivity contribution in [2.45, 2.75) is 39.3 Å². The van der Waals surface area contributed by atoms with Crippen molar-refractivity contribution in [3.8, 4) is 17.1 Å². The van der Waals surface area contributed by atoms with Gasteiger partial charge < -0.3 is 29.6 Å². The lowest BCUT2D eigenvalue weighted by Crippen LogP contribution is -2.20. The number of nitrogens with one attached hydrogen (secondary N) is 1. The minimum absolute atomic E-state index is 0.0888. The van der Waals surface area contributed by atoms with Gasteiger partial charge in [0.05, 0.1) is 18.9 Å². The fourth-order valence-corrected chi connectivity index (χ4v) is 3.41. The van der Waals surface area contributed by atoms with Gasteiger partial charge in [0.2, 0.25) is 0 Å². The lowest BCUT2D eigenvalue weighted by atomic mass is 10.0. The molecule has 2 aromatic rings. The van der Waals surface area contributed by atoms with Crippen molar-refractivity contribution in [2.75, 3.05) is 13.2 Å². The molecule has 0 atom stereocenters. The molecule has 0 fully saturated rings. The van der Waals surface area contributed by atoms with Crippen LogP contribution in [-0.4, -0.2) is 49.0 Å². The fraction of sp³-hybridized carbons (Fsp3) is 0.471. The number of carboxylic acid groups (broad SMARTS) is 1. The SMILES string of the molecule is CCn1c(COCCO)nc2c1CCCc1c-2[nH]c(=O)c(C(=O)O)c1O. The Balaban J connectivity index is 2.17. The number of carbonyl (C=O) groups is 1. The summed E-state index contributed by atoms with van der Waals surface area (Å²) in [6.07, 6.45) is 1.80. The summed E-state index contributed by atoms with van der Waals surface area (Å²) in [5, 5.41) is 28.4. The van der Waals surface area contributed by atoms with Gasteiger partial charge in [-0.15, -0.1) is 0 Å². The number of carboxylic acids is 1. The van der Waals surface area contributed by atoms with E-state index in [0.717, 1.165) is 5.69 Å². The van der Waals surface area contributed by atoms with E-state index < -0.39 is 22.8 Å². The number of aromatic carboxylic acids is 1. The molecule has 2 heterocycles. The van der Waals surface area contributed by atoms with E-state index in [4.69, 9.17) is 9.84 Å². The highest BCUT2D eigenvalue weighted by Gasteiger charge is 2.28. The van der Waals surface area contributed by atoms with Crippen molar-refractivity contribution >= 4 is 5.97 Å². The Morgan fingerprint density at radius 2 is 2.15 bits per heavy atom. The maximum Gasteiger partial charge on any atom is 0.345 e. The molecule has 140 valence electrons. The van der Waals surface area contributed by atoms with E-state index in [1.807, 2.05) is 11.5 Å². The van der Waals surface area contributed by atoms with Crippen LogP contribution in [0.15, 0.2) is 4.79 Å². The van der Waals surface area contributed by atoms with E-state index in [9.17, 15) is 19.8 Å². The largest absolute Gasteiger partial charge is 0.506 e. The van der Waals surface area contributed by atoms with E-state index in [-0.39, 0.29) is 19.8 Å². The van der Waals surface area contributed by atoms with Crippen LogP contribution in [0.1, 0.15) is 40.8 Å². The Hall–Kier alpha value is -2.65. The number of rotatable bonds is 6. The van der Waals surface area contributed by atoms with Crippen LogP contribution in [0.3, 0.4) is 0 Å². The van der Waals surface area contributed by atoms with Gasteiger partial charge in [-0.3, -0.25) is 4.79 Å². The van der Waals surface area contributed by atoms with Crippen LogP contribution in [0.25, 0.3) is 11.4 Å². The van der Waals surface area contributed by atoms with Crippen molar-refractivity contribution in [1.82, 2.24) is 14.5 Å². The third-order valence-electron chi connectivity index (χ3n) is 4.52. The van der Waals surface area contributed by atoms with E-state index in [2.05, 4.69) is 9.97 Å². The number of hydrogen-bond acceptors (Lipinski definition) is 6. The van der Waals surface area contributed by atoms with Crippen molar-refractivity contribution in [2.24, 2.45) is 0 Å². The number of H-pyrrole nitrogens is 1. The van der Waals surface area contributed by atoms with Crippen LogP contribution in [-0.2, 0) is 30.7 Å². The summed E-state index contributed by atoms with van der Waals surface area (Å²) in [5.74, 6) is -1.30. The van der Waals surface area contributed by atoms with E-state index in [1.165, 1.54) is 0 Å². The highest BCUT2D eigenvalue weighted by Crippen LogP contribution is 2.36. The number of hydrogen-bond donors (Lipinski definition) is 4. The number of nitrogens with zero attached hydrogens (tertiary/aromatic N) is 2. The number of pyridine rings is 1. The van der Waals surface area contributed by atoms with Crippen LogP contribution in [0.5, 0.6) is 5.75 Å². The molecule has 9 nitrogen and oxygen atoms in total. The van der Waals surface area contributed by atoms with Gasteiger partial charge in [0.15, 0.2) is 5.56 Å². The molecule has 0 radical (unpaired) electrons. The van der Waals surface area contributed by atoms with E-state index in [0.29, 0.717) is 48.6 Å². The zero-order valence-corrected chi connectivity index (χ0v) is 14.4. The van der Waals surface area contributed by atoms with Crippen LogP contribution < -0.4 is 5.56 Å². The molecule has 3 rings (SSSR count). The Kier molecular flexibility index (Phi) is 5.10. The molecule has 1 aliphatic carbocycles. The summed E-state index contributed by atoms with van der Waals surface area (Å²) < 4.78 is 7.36. The quantitative estimate of drug-likeness (QED) is 0.553. The zero-order chi connectivity index (χ0) is 18.8. The predicted molar refractivity (Wildman–Crippen MR) is 91.3 cm³/mol. The number of aromatic amines is 1. The Labute approximate surface area is 148 Å². The molecule has 2 aromatic heterocycles. The minimum Gasteiger partial charge on any atom is -0.506 e. The smallest absolute Gasteiger partial charge is 0.345 e. The predicted octanol–water partition coefficient (Wildman–Crippen LogP) is 0.660. The molecule has 1 aliphatic rings. The number of fused-ring (bicyclic) bond motifs is 3. The number of aliphatic hydroxyl groups is 1. The van der Waals surface area contributed by atoms with Gasteiger partial charge >= 0.3 is 5.97 Å². The standard InChI is InChI=1S/C17H21N3O6/c1-2-20-10-5-3-4-9-13(14(10)18-11(20)8-26-7-6-21)19-16(23)12(15(9)22)17(24)25/h21H,2-8H2,1H3,(H,24,25)(H2,19,22,23). The number of imidazole rings is 1. The summed E-state index contributed by atoms with van der Waals surface area (Å²) in [6, 6.07) is 0. The summed E-state index contributed by atoms with van der Waals surface area (Å²) in [5.41, 5.74) is 0.697. The second-order valence-corrected chi connectivity index (χ2v) is 6.03. The monoisotopic (exact) mass is 363 g/mol. The number of aromatic hydroxyl groups is 1. The van der Waals surface area contributed by atoms with Crippen molar-refractivity contribution in [3.05, 3.63) is 33.0 Å². The molecule has 0 aliphatic heterocycles. The topological polar surface area (TPSA) is 138 Å². The van der Waals surface area contributed by atoms with Crippen LogP contribution in [0.2, 0.25) is 0 Å². The van der Waals surface area contributed by atoms with Gasteiger partial charge in [0.25, 0.3) is 5.56 Å². The molecule has 0 amide bonds. The first-order valence-corrected chi connectivity index (χ1v) is 8.48. The molecular weight excluding hydrogens is 342 g/mol. The first-order chi connectivity index (χ1) is 12.5. The summed E-state index contributed by atoms with van der Waals surface area (Å²) >= 11 is 0. The fourth-order valence-electron chi connectivity index (χ4n) is 3.41. The van der Waals surface area contributed by atoms with Crippen LogP contribution >= 0.6 is 0 Å². The van der Waals surface area contributed by atoms with Gasteiger partial charge in [0, 0.05) is 17.8 Å². The zero-order valence-electron chi connectivity index (χ0n) is 14.4. The summed E-state index contributed by atoms with van der Waals surface area (Å²) in [7, 11) is 0. The highest BCUT2D eigenvalue weighted by molar-refractivity contribution is 5.91. The highest BCUT2D eigenvalue weighted by atomic mass is 16.5. The summed E-state index contributed by atoms with van der Waals surface area (Å²) in [6.45, 7) is 2.93. The Morgan fingerprint density at radius 3 is 2.81 bits per heavy atom. The van der Waals surface area contributed by atoms with Gasteiger partial charge in [0.1, 0.15) is 23.9 Å². The molecule has 26 heavy (non-hydrogen) atoms. The Morgan fingerprint density at radius 1 is 1.38 bits per heavy atom. The van der Waals surface area contributed by atoms with Crippen molar-refractivity contribution in [1.29, 1.82) is 0 Å². The van der Waals surface area contributed by atoms with Crippen molar-refractivity contribution in [3.63, 3.8) is 0 Å². The molecular formula is C17H21N3O6. The molecule has 0 aromatic carbocycles. The maximum absolute atomic E-state index is 12.2. The van der Waals surface area contributed by atoms with Crippen LogP contribution in [0, 0.1) is 0 Å². The number of aliphatic hydroxyl groups excluding tert-OH is 1. The molecule has 0 saturated carbocycles.